The van der Waals surface area contributed by atoms with Crippen LogP contribution in [-0.4, -0.2) is 0 Å². The number of thiophene rings is 1. The summed E-state index contributed by atoms with van der Waals surface area (Å²) in [6.07, 6.45) is 0.507. The van der Waals surface area contributed by atoms with Crippen molar-refractivity contribution in [1.82, 2.24) is 0 Å². The van der Waals surface area contributed by atoms with Crippen molar-refractivity contribution >= 4 is 44.0 Å². The van der Waals surface area contributed by atoms with Crippen molar-refractivity contribution in [3.63, 3.8) is 0 Å². The minimum Gasteiger partial charge on any atom is -0.198 e. The van der Waals surface area contributed by atoms with Crippen LogP contribution in [0.4, 0.5) is 0 Å². The molecule has 0 aliphatic heterocycles. The molecule has 0 spiro atoms. The molecule has 14 heavy (non-hydrogen) atoms. The molecule has 0 fully saturated rings. The minimum atomic E-state index is 0.507. The Morgan fingerprint density at radius 2 is 2.29 bits per heavy atom. The van der Waals surface area contributed by atoms with Gasteiger partial charge in [0.05, 0.1) is 12.5 Å². The second-order valence-electron chi connectivity index (χ2n) is 3.20. The maximum absolute atomic E-state index is 8.73. The lowest BCUT2D eigenvalue weighted by Gasteiger charge is -2.00. The van der Waals surface area contributed by atoms with Gasteiger partial charge in [-0.1, -0.05) is 0 Å². The first-order valence-electron chi connectivity index (χ1n) is 4.25. The number of aryl methyl sites for hydroxylation is 1. The Hall–Kier alpha value is -0.600. The van der Waals surface area contributed by atoms with Crippen molar-refractivity contribution in [2.75, 3.05) is 0 Å². The van der Waals surface area contributed by atoms with Crippen molar-refractivity contribution in [2.24, 2.45) is 0 Å². The molecule has 0 amide bonds. The van der Waals surface area contributed by atoms with Crippen molar-refractivity contribution < 1.29 is 0 Å². The van der Waals surface area contributed by atoms with Crippen LogP contribution in [-0.2, 0) is 6.42 Å². The molecule has 1 nitrogen and oxygen atoms in total. The number of benzene rings is 1. The molecule has 0 N–H and O–H groups in total. The van der Waals surface area contributed by atoms with Gasteiger partial charge in [0, 0.05) is 8.27 Å². The molecular weight excluding hydrogens is 305 g/mol. The minimum absolute atomic E-state index is 0.507. The van der Waals surface area contributed by atoms with Crippen LogP contribution in [0.5, 0.6) is 0 Å². The van der Waals surface area contributed by atoms with E-state index in [1.54, 1.807) is 11.3 Å². The van der Waals surface area contributed by atoms with Crippen molar-refractivity contribution in [1.29, 1.82) is 5.26 Å². The third-order valence-corrected chi connectivity index (χ3v) is 3.99. The van der Waals surface area contributed by atoms with Crippen LogP contribution in [0.15, 0.2) is 17.5 Å². The van der Waals surface area contributed by atoms with E-state index < -0.39 is 0 Å². The summed E-state index contributed by atoms with van der Waals surface area (Å²) >= 11 is 4.04. The van der Waals surface area contributed by atoms with E-state index in [1.165, 1.54) is 19.2 Å². The van der Waals surface area contributed by atoms with Crippen LogP contribution >= 0.6 is 33.9 Å². The fourth-order valence-corrected chi connectivity index (χ4v) is 3.25. The fraction of sp³-hybridized carbons (Fsp3) is 0.182. The van der Waals surface area contributed by atoms with Gasteiger partial charge >= 0.3 is 0 Å². The number of rotatable bonds is 1. The number of hydrogen-bond acceptors (Lipinski definition) is 2. The molecule has 1 aromatic heterocycles. The van der Waals surface area contributed by atoms with Crippen LogP contribution in [0.1, 0.15) is 11.1 Å². The molecule has 0 atom stereocenters. The zero-order valence-corrected chi connectivity index (χ0v) is 10.6. The second-order valence-corrected chi connectivity index (χ2v) is 5.32. The molecule has 1 aromatic carbocycles. The summed E-state index contributed by atoms with van der Waals surface area (Å²) in [5.74, 6) is 0. The van der Waals surface area contributed by atoms with Crippen LogP contribution < -0.4 is 0 Å². The molecule has 0 radical (unpaired) electrons. The van der Waals surface area contributed by atoms with Gasteiger partial charge < -0.3 is 0 Å². The van der Waals surface area contributed by atoms with E-state index in [1.807, 2.05) is 0 Å². The van der Waals surface area contributed by atoms with Crippen molar-refractivity contribution in [3.8, 4) is 6.07 Å². The number of hydrogen-bond donors (Lipinski definition) is 0. The third-order valence-electron chi connectivity index (χ3n) is 2.18. The molecule has 0 aliphatic carbocycles. The Morgan fingerprint density at radius 3 is 3.00 bits per heavy atom. The lowest BCUT2D eigenvalue weighted by atomic mass is 10.1. The predicted molar refractivity (Wildman–Crippen MR) is 68.6 cm³/mol. The molecular formula is C11H8INS. The number of nitrogens with zero attached hydrogens (tertiary/aromatic N) is 1. The van der Waals surface area contributed by atoms with E-state index in [0.29, 0.717) is 6.42 Å². The second kappa shape index (κ2) is 3.87. The largest absolute Gasteiger partial charge is 0.198 e. The highest BCUT2D eigenvalue weighted by molar-refractivity contribution is 14.1. The predicted octanol–water partition coefficient (Wildman–Crippen LogP) is 3.88. The molecule has 2 rings (SSSR count). The van der Waals surface area contributed by atoms with Gasteiger partial charge in [-0.15, -0.1) is 11.3 Å². The zero-order valence-electron chi connectivity index (χ0n) is 7.67. The third kappa shape index (κ3) is 1.64. The summed E-state index contributed by atoms with van der Waals surface area (Å²) in [7, 11) is 0. The van der Waals surface area contributed by atoms with Gasteiger partial charge in [-0.25, -0.2) is 0 Å². The average Bonchev–Trinajstić information content (AvgIpc) is 2.49. The van der Waals surface area contributed by atoms with Gasteiger partial charge in [0.2, 0.25) is 0 Å². The fourth-order valence-electron chi connectivity index (χ4n) is 1.51. The lowest BCUT2D eigenvalue weighted by molar-refractivity contribution is 1.29. The topological polar surface area (TPSA) is 23.8 Å². The Balaban J connectivity index is 2.76. The molecule has 0 saturated carbocycles. The molecule has 0 bridgehead atoms. The molecule has 1 heterocycles. The van der Waals surface area contributed by atoms with Gasteiger partial charge in [0.1, 0.15) is 0 Å². The number of nitriles is 1. The summed E-state index contributed by atoms with van der Waals surface area (Å²) in [4.78, 5) is 0. The molecule has 3 heteroatoms. The Bertz CT molecular complexity index is 522. The zero-order chi connectivity index (χ0) is 10.1. The van der Waals surface area contributed by atoms with Gasteiger partial charge in [-0.05, 0) is 63.5 Å². The maximum Gasteiger partial charge on any atom is 0.0670 e. The van der Waals surface area contributed by atoms with Crippen molar-refractivity contribution in [3.05, 3.63) is 32.2 Å². The SMILES string of the molecule is Cc1csc2c(CC#N)cc(I)cc12. The first-order valence-corrected chi connectivity index (χ1v) is 6.21. The van der Waals surface area contributed by atoms with E-state index in [-0.39, 0.29) is 0 Å². The van der Waals surface area contributed by atoms with Crippen LogP contribution in [0.2, 0.25) is 0 Å². The summed E-state index contributed by atoms with van der Waals surface area (Å²) in [5, 5.41) is 12.2. The van der Waals surface area contributed by atoms with Crippen LogP contribution in [0.3, 0.4) is 0 Å². The normalized spacial score (nSPS) is 10.4. The Morgan fingerprint density at radius 1 is 1.50 bits per heavy atom. The van der Waals surface area contributed by atoms with E-state index >= 15 is 0 Å². The highest BCUT2D eigenvalue weighted by atomic mass is 127. The molecule has 70 valence electrons. The van der Waals surface area contributed by atoms with E-state index in [9.17, 15) is 0 Å². The highest BCUT2D eigenvalue weighted by Gasteiger charge is 2.06. The van der Waals surface area contributed by atoms with E-state index in [4.69, 9.17) is 5.26 Å². The molecule has 0 aliphatic rings. The lowest BCUT2D eigenvalue weighted by Crippen LogP contribution is -1.84. The summed E-state index contributed by atoms with van der Waals surface area (Å²) in [6, 6.07) is 6.50. The Kier molecular flexibility index (Phi) is 2.75. The molecule has 0 unspecified atom stereocenters. The smallest absolute Gasteiger partial charge is 0.0670 e. The quantitative estimate of drug-likeness (QED) is 0.733. The highest BCUT2D eigenvalue weighted by Crippen LogP contribution is 2.30. The van der Waals surface area contributed by atoms with Gasteiger partial charge in [0.25, 0.3) is 0 Å². The molecule has 2 aromatic rings. The first kappa shape index (κ1) is 9.94. The summed E-state index contributed by atoms with van der Waals surface area (Å²) in [5.41, 5.74) is 2.47. The Labute approximate surface area is 101 Å². The first-order chi connectivity index (χ1) is 6.72. The monoisotopic (exact) mass is 313 g/mol. The van der Waals surface area contributed by atoms with Gasteiger partial charge in [0.15, 0.2) is 0 Å². The summed E-state index contributed by atoms with van der Waals surface area (Å²) < 4.78 is 2.48. The number of halogens is 1. The van der Waals surface area contributed by atoms with Gasteiger partial charge in [-0.3, -0.25) is 0 Å². The number of fused-ring (bicyclic) bond motifs is 1. The average molecular weight is 313 g/mol. The maximum atomic E-state index is 8.73. The standard InChI is InChI=1S/C11H8INS/c1-7-6-14-11-8(2-3-13)4-9(12)5-10(7)11/h4-6H,2H2,1H3. The molecule has 0 saturated heterocycles. The summed E-state index contributed by atoms with van der Waals surface area (Å²) in [6.45, 7) is 2.12. The van der Waals surface area contributed by atoms with Crippen LogP contribution in [0, 0.1) is 21.8 Å². The van der Waals surface area contributed by atoms with Crippen molar-refractivity contribution in [2.45, 2.75) is 13.3 Å². The van der Waals surface area contributed by atoms with E-state index in [2.05, 4.69) is 53.1 Å². The van der Waals surface area contributed by atoms with Crippen LogP contribution in [0.25, 0.3) is 10.1 Å². The van der Waals surface area contributed by atoms with Gasteiger partial charge in [-0.2, -0.15) is 5.26 Å². The van der Waals surface area contributed by atoms with E-state index in [0.717, 1.165) is 5.56 Å².